The maximum atomic E-state index is 9.54. The number of halogens is 1. The number of aliphatic hydroxyl groups is 1. The van der Waals surface area contributed by atoms with E-state index in [0.717, 1.165) is 15.8 Å². The van der Waals surface area contributed by atoms with E-state index in [1.165, 1.54) is 0 Å². The smallest absolute Gasteiger partial charge is 0.148 e. The summed E-state index contributed by atoms with van der Waals surface area (Å²) >= 11 is 3.44. The molecule has 0 amide bonds. The molecular weight excluding hydrogens is 322 g/mol. The molecule has 0 heterocycles. The fourth-order valence-corrected chi connectivity index (χ4v) is 2.12. The molecule has 0 fully saturated rings. The van der Waals surface area contributed by atoms with Crippen LogP contribution in [0.1, 0.15) is 12.0 Å². The summed E-state index contributed by atoms with van der Waals surface area (Å²) in [4.78, 5) is 0. The Morgan fingerprint density at radius 2 is 2.30 bits per heavy atom. The monoisotopic (exact) mass is 341 g/mol. The van der Waals surface area contributed by atoms with Crippen LogP contribution < -0.4 is 10.1 Å². The fraction of sp³-hybridized carbons (Fsp3) is 0.467. The summed E-state index contributed by atoms with van der Waals surface area (Å²) in [6, 6.07) is 5.79. The van der Waals surface area contributed by atoms with Crippen molar-refractivity contribution in [1.29, 1.82) is 0 Å². The Kier molecular flexibility index (Phi) is 8.31. The lowest BCUT2D eigenvalue weighted by Crippen LogP contribution is -2.23. The first-order valence-corrected chi connectivity index (χ1v) is 7.19. The maximum Gasteiger partial charge on any atom is 0.148 e. The highest BCUT2D eigenvalue weighted by Gasteiger charge is 2.06. The molecule has 0 radical (unpaired) electrons. The van der Waals surface area contributed by atoms with Crippen LogP contribution in [0, 0.1) is 12.3 Å². The fourth-order valence-electron chi connectivity index (χ4n) is 1.71. The second-order valence-corrected chi connectivity index (χ2v) is 5.24. The molecule has 0 aliphatic heterocycles. The third kappa shape index (κ3) is 6.40. The summed E-state index contributed by atoms with van der Waals surface area (Å²) in [5.74, 6) is 3.23. The summed E-state index contributed by atoms with van der Waals surface area (Å²) < 4.78 is 11.4. The Morgan fingerprint density at radius 1 is 1.50 bits per heavy atom. The Labute approximate surface area is 128 Å². The third-order valence-corrected chi connectivity index (χ3v) is 3.16. The Balaban J connectivity index is 2.45. The molecule has 0 aromatic heterocycles. The zero-order chi connectivity index (χ0) is 14.8. The van der Waals surface area contributed by atoms with Gasteiger partial charge >= 0.3 is 0 Å². The molecule has 1 atom stereocenters. The number of rotatable bonds is 9. The number of benzene rings is 1. The minimum Gasteiger partial charge on any atom is -0.481 e. The SMILES string of the molecule is C#CCOc1ccc(Br)cc1CNCCC(O)COC. The summed E-state index contributed by atoms with van der Waals surface area (Å²) in [5.41, 5.74) is 1.02. The first-order chi connectivity index (χ1) is 9.67. The summed E-state index contributed by atoms with van der Waals surface area (Å²) in [6.45, 7) is 1.96. The normalized spacial score (nSPS) is 11.9. The van der Waals surface area contributed by atoms with Crippen LogP contribution >= 0.6 is 15.9 Å². The van der Waals surface area contributed by atoms with Crippen LogP contribution in [-0.4, -0.2) is 38.1 Å². The summed E-state index contributed by atoms with van der Waals surface area (Å²) in [7, 11) is 1.58. The van der Waals surface area contributed by atoms with Crippen molar-refractivity contribution in [3.8, 4) is 18.1 Å². The lowest BCUT2D eigenvalue weighted by atomic mass is 10.2. The van der Waals surface area contributed by atoms with Crippen molar-refractivity contribution in [3.05, 3.63) is 28.2 Å². The maximum absolute atomic E-state index is 9.54. The molecule has 0 aliphatic rings. The highest BCUT2D eigenvalue weighted by atomic mass is 79.9. The molecule has 0 bridgehead atoms. The van der Waals surface area contributed by atoms with Crippen LogP contribution in [0.15, 0.2) is 22.7 Å². The lowest BCUT2D eigenvalue weighted by Gasteiger charge is -2.13. The van der Waals surface area contributed by atoms with Gasteiger partial charge in [0.15, 0.2) is 0 Å². The Hall–Kier alpha value is -1.06. The molecule has 0 spiro atoms. The van der Waals surface area contributed by atoms with E-state index < -0.39 is 6.10 Å². The van der Waals surface area contributed by atoms with Gasteiger partial charge in [0, 0.05) is 23.7 Å². The first-order valence-electron chi connectivity index (χ1n) is 6.39. The molecule has 0 saturated carbocycles. The van der Waals surface area contributed by atoms with Crippen LogP contribution in [0.5, 0.6) is 5.75 Å². The van der Waals surface area contributed by atoms with E-state index >= 15 is 0 Å². The molecule has 0 saturated heterocycles. The predicted octanol–water partition coefficient (Wildman–Crippen LogP) is 1.95. The van der Waals surface area contributed by atoms with Gasteiger partial charge in [0.1, 0.15) is 12.4 Å². The predicted molar refractivity (Wildman–Crippen MR) is 82.7 cm³/mol. The van der Waals surface area contributed by atoms with Gasteiger partial charge in [-0.1, -0.05) is 21.9 Å². The van der Waals surface area contributed by atoms with Gasteiger partial charge in [-0.25, -0.2) is 0 Å². The molecule has 0 aliphatic carbocycles. The van der Waals surface area contributed by atoms with Crippen molar-refractivity contribution in [1.82, 2.24) is 5.32 Å². The van der Waals surface area contributed by atoms with Crippen LogP contribution in [0.3, 0.4) is 0 Å². The molecule has 2 N–H and O–H groups in total. The number of hydrogen-bond acceptors (Lipinski definition) is 4. The molecule has 4 nitrogen and oxygen atoms in total. The topological polar surface area (TPSA) is 50.7 Å². The van der Waals surface area contributed by atoms with Crippen LogP contribution in [-0.2, 0) is 11.3 Å². The lowest BCUT2D eigenvalue weighted by molar-refractivity contribution is 0.0594. The molecular formula is C15H20BrNO3. The van der Waals surface area contributed by atoms with Gasteiger partial charge in [-0.15, -0.1) is 6.42 Å². The zero-order valence-corrected chi connectivity index (χ0v) is 13.1. The largest absolute Gasteiger partial charge is 0.481 e. The van der Waals surface area contributed by atoms with Gasteiger partial charge in [0.05, 0.1) is 12.7 Å². The van der Waals surface area contributed by atoms with Crippen molar-refractivity contribution in [2.24, 2.45) is 0 Å². The van der Waals surface area contributed by atoms with Crippen LogP contribution in [0.4, 0.5) is 0 Å². The average Bonchev–Trinajstić information content (AvgIpc) is 2.43. The van der Waals surface area contributed by atoms with Crippen molar-refractivity contribution < 1.29 is 14.6 Å². The molecule has 110 valence electrons. The number of nitrogens with one attached hydrogen (secondary N) is 1. The van der Waals surface area contributed by atoms with Crippen LogP contribution in [0.25, 0.3) is 0 Å². The molecule has 1 unspecified atom stereocenters. The third-order valence-electron chi connectivity index (χ3n) is 2.66. The van der Waals surface area contributed by atoms with E-state index in [1.54, 1.807) is 7.11 Å². The standard InChI is InChI=1S/C15H20BrNO3/c1-3-8-20-15-5-4-13(16)9-12(15)10-17-7-6-14(18)11-19-2/h1,4-5,9,14,17-18H,6-8,10-11H2,2H3. The van der Waals surface area contributed by atoms with E-state index in [0.29, 0.717) is 26.1 Å². The number of ether oxygens (including phenoxy) is 2. The number of hydrogen-bond donors (Lipinski definition) is 2. The molecule has 1 aromatic carbocycles. The van der Waals surface area contributed by atoms with Gasteiger partial charge in [-0.05, 0) is 31.2 Å². The molecule has 1 rings (SSSR count). The number of terminal acetylenes is 1. The van der Waals surface area contributed by atoms with E-state index in [4.69, 9.17) is 15.9 Å². The average molecular weight is 342 g/mol. The first kappa shape index (κ1) is 17.0. The van der Waals surface area contributed by atoms with E-state index in [9.17, 15) is 5.11 Å². The van der Waals surface area contributed by atoms with Crippen molar-refractivity contribution in [2.45, 2.75) is 19.1 Å². The number of methoxy groups -OCH3 is 1. The summed E-state index contributed by atoms with van der Waals surface area (Å²) in [6.07, 6.45) is 5.40. The Bertz CT molecular complexity index is 445. The zero-order valence-electron chi connectivity index (χ0n) is 11.6. The van der Waals surface area contributed by atoms with Crippen molar-refractivity contribution in [3.63, 3.8) is 0 Å². The van der Waals surface area contributed by atoms with Gasteiger partial charge in [0.25, 0.3) is 0 Å². The minimum atomic E-state index is -0.438. The highest BCUT2D eigenvalue weighted by molar-refractivity contribution is 9.10. The highest BCUT2D eigenvalue weighted by Crippen LogP contribution is 2.23. The van der Waals surface area contributed by atoms with Gasteiger partial charge in [-0.2, -0.15) is 0 Å². The minimum absolute atomic E-state index is 0.251. The van der Waals surface area contributed by atoms with Gasteiger partial charge < -0.3 is 19.9 Å². The van der Waals surface area contributed by atoms with Crippen molar-refractivity contribution in [2.75, 3.05) is 26.9 Å². The second kappa shape index (κ2) is 9.78. The van der Waals surface area contributed by atoms with Crippen molar-refractivity contribution >= 4 is 15.9 Å². The second-order valence-electron chi connectivity index (χ2n) is 4.32. The summed E-state index contributed by atoms with van der Waals surface area (Å²) in [5, 5.41) is 12.8. The molecule has 1 aromatic rings. The van der Waals surface area contributed by atoms with E-state index in [2.05, 4.69) is 27.2 Å². The van der Waals surface area contributed by atoms with Gasteiger partial charge in [-0.3, -0.25) is 0 Å². The number of aliphatic hydroxyl groups excluding tert-OH is 1. The molecule has 5 heteroatoms. The van der Waals surface area contributed by atoms with Gasteiger partial charge in [0.2, 0.25) is 0 Å². The van der Waals surface area contributed by atoms with E-state index in [1.807, 2.05) is 18.2 Å². The Morgan fingerprint density at radius 3 is 3.00 bits per heavy atom. The van der Waals surface area contributed by atoms with E-state index in [-0.39, 0.29) is 6.61 Å². The van der Waals surface area contributed by atoms with Crippen LogP contribution in [0.2, 0.25) is 0 Å². The quantitative estimate of drug-likeness (QED) is 0.532. The molecule has 20 heavy (non-hydrogen) atoms.